The molecule has 1 aliphatic carbocycles. The van der Waals surface area contributed by atoms with Gasteiger partial charge in [0.2, 0.25) is 0 Å². The van der Waals surface area contributed by atoms with Crippen LogP contribution in [0.5, 0.6) is 11.5 Å². The van der Waals surface area contributed by atoms with Gasteiger partial charge in [0.25, 0.3) is 0 Å². The number of phenols is 1. The lowest BCUT2D eigenvalue weighted by molar-refractivity contribution is -0.111. The molecule has 0 atom stereocenters. The molecule has 1 saturated carbocycles. The van der Waals surface area contributed by atoms with E-state index in [-0.39, 0.29) is 11.5 Å². The summed E-state index contributed by atoms with van der Waals surface area (Å²) in [6, 6.07) is 13.6. The Labute approximate surface area is 165 Å². The van der Waals surface area contributed by atoms with Crippen molar-refractivity contribution in [2.24, 2.45) is 0 Å². The third-order valence-corrected chi connectivity index (χ3v) is 5.50. The zero-order valence-electron chi connectivity index (χ0n) is 16.1. The Kier molecular flexibility index (Phi) is 5.20. The van der Waals surface area contributed by atoms with Crippen molar-refractivity contribution < 1.29 is 14.6 Å². The lowest BCUT2D eigenvalue weighted by Gasteiger charge is -2.17. The fourth-order valence-corrected chi connectivity index (χ4v) is 3.92. The van der Waals surface area contributed by atoms with E-state index in [1.165, 1.54) is 25.6 Å². The van der Waals surface area contributed by atoms with E-state index in [0.717, 1.165) is 48.2 Å². The number of allylic oxidation sites excluding steroid dienone is 2. The number of nitrogens with zero attached hydrogens (tertiary/aromatic N) is 1. The summed E-state index contributed by atoms with van der Waals surface area (Å²) in [5, 5.41) is 9.72. The van der Waals surface area contributed by atoms with E-state index in [1.54, 1.807) is 18.2 Å². The molecule has 1 aliphatic heterocycles. The Morgan fingerprint density at radius 1 is 0.929 bits per heavy atom. The minimum absolute atomic E-state index is 0.0976. The Bertz CT molecular complexity index is 935. The quantitative estimate of drug-likeness (QED) is 0.778. The summed E-state index contributed by atoms with van der Waals surface area (Å²) in [5.41, 5.74) is 4.84. The SMILES string of the molecule is COc1cc(/C=C2\CC/C(=C\c3ccc(N4CCCC4)cc3)C2=O)ccc1O. The van der Waals surface area contributed by atoms with Gasteiger partial charge >= 0.3 is 0 Å². The van der Waals surface area contributed by atoms with Gasteiger partial charge in [-0.2, -0.15) is 0 Å². The lowest BCUT2D eigenvalue weighted by atomic mass is 10.1. The first-order chi connectivity index (χ1) is 13.6. The number of anilines is 1. The number of rotatable bonds is 4. The van der Waals surface area contributed by atoms with Crippen LogP contribution in [0.2, 0.25) is 0 Å². The van der Waals surface area contributed by atoms with Crippen LogP contribution >= 0.6 is 0 Å². The molecule has 0 unspecified atom stereocenters. The zero-order chi connectivity index (χ0) is 19.5. The van der Waals surface area contributed by atoms with Gasteiger partial charge in [0, 0.05) is 29.9 Å². The molecule has 4 nitrogen and oxygen atoms in total. The van der Waals surface area contributed by atoms with E-state index in [4.69, 9.17) is 4.74 Å². The summed E-state index contributed by atoms with van der Waals surface area (Å²) in [4.78, 5) is 15.2. The third-order valence-electron chi connectivity index (χ3n) is 5.50. The van der Waals surface area contributed by atoms with Crippen LogP contribution < -0.4 is 9.64 Å². The van der Waals surface area contributed by atoms with Crippen LogP contribution in [0.4, 0.5) is 5.69 Å². The third kappa shape index (κ3) is 3.81. The second-order valence-corrected chi connectivity index (χ2v) is 7.39. The first-order valence-electron chi connectivity index (χ1n) is 9.82. The summed E-state index contributed by atoms with van der Waals surface area (Å²) in [6.45, 7) is 2.27. The normalized spacial score (nSPS) is 19.8. The highest BCUT2D eigenvalue weighted by Crippen LogP contribution is 2.32. The molecule has 1 saturated heterocycles. The molecule has 1 N–H and O–H groups in total. The van der Waals surface area contributed by atoms with Crippen LogP contribution in [0, 0.1) is 0 Å². The van der Waals surface area contributed by atoms with E-state index in [0.29, 0.717) is 5.75 Å². The average Bonchev–Trinajstić information content (AvgIpc) is 3.36. The van der Waals surface area contributed by atoms with Crippen molar-refractivity contribution >= 4 is 23.6 Å². The Balaban J connectivity index is 1.50. The molecule has 2 aromatic carbocycles. The molecule has 1 heterocycles. The number of aromatic hydroxyl groups is 1. The Hall–Kier alpha value is -3.01. The van der Waals surface area contributed by atoms with Crippen LogP contribution in [0.1, 0.15) is 36.8 Å². The van der Waals surface area contributed by atoms with Crippen molar-refractivity contribution in [3.05, 3.63) is 64.7 Å². The maximum atomic E-state index is 12.8. The Morgan fingerprint density at radius 3 is 2.18 bits per heavy atom. The molecule has 0 amide bonds. The summed E-state index contributed by atoms with van der Waals surface area (Å²) < 4.78 is 5.14. The molecular weight excluding hydrogens is 350 g/mol. The van der Waals surface area contributed by atoms with Crippen molar-refractivity contribution in [2.45, 2.75) is 25.7 Å². The van der Waals surface area contributed by atoms with Gasteiger partial charge < -0.3 is 14.7 Å². The molecule has 2 aliphatic rings. The number of hydrogen-bond donors (Lipinski definition) is 1. The van der Waals surface area contributed by atoms with Crippen LogP contribution in [0.15, 0.2) is 53.6 Å². The molecule has 2 aromatic rings. The summed E-state index contributed by atoms with van der Waals surface area (Å²) in [6.07, 6.45) is 7.92. The molecule has 28 heavy (non-hydrogen) atoms. The highest BCUT2D eigenvalue weighted by molar-refractivity contribution is 6.15. The number of ketones is 1. The lowest BCUT2D eigenvalue weighted by Crippen LogP contribution is -2.17. The van der Waals surface area contributed by atoms with Crippen LogP contribution in [-0.4, -0.2) is 31.1 Å². The highest BCUT2D eigenvalue weighted by atomic mass is 16.5. The van der Waals surface area contributed by atoms with Crippen molar-refractivity contribution in [3.8, 4) is 11.5 Å². The molecule has 0 radical (unpaired) electrons. The fraction of sp³-hybridized carbons (Fsp3) is 0.292. The predicted molar refractivity (Wildman–Crippen MR) is 113 cm³/mol. The largest absolute Gasteiger partial charge is 0.504 e. The Morgan fingerprint density at radius 2 is 1.54 bits per heavy atom. The van der Waals surface area contributed by atoms with E-state index < -0.39 is 0 Å². The molecular formula is C24H25NO3. The average molecular weight is 375 g/mol. The molecule has 4 heteroatoms. The van der Waals surface area contributed by atoms with Gasteiger partial charge in [-0.1, -0.05) is 18.2 Å². The number of phenolic OH excluding ortho intramolecular Hbond substituents is 1. The van der Waals surface area contributed by atoms with Gasteiger partial charge in [-0.3, -0.25) is 4.79 Å². The number of carbonyl (C=O) groups is 1. The van der Waals surface area contributed by atoms with E-state index in [2.05, 4.69) is 29.2 Å². The van der Waals surface area contributed by atoms with Gasteiger partial charge in [0.1, 0.15) is 0 Å². The van der Waals surface area contributed by atoms with Gasteiger partial charge in [0.15, 0.2) is 17.3 Å². The van der Waals surface area contributed by atoms with E-state index in [9.17, 15) is 9.90 Å². The summed E-state index contributed by atoms with van der Waals surface area (Å²) in [7, 11) is 1.52. The van der Waals surface area contributed by atoms with Crippen molar-refractivity contribution in [1.29, 1.82) is 0 Å². The maximum Gasteiger partial charge on any atom is 0.185 e. The minimum atomic E-state index is 0.0976. The maximum absolute atomic E-state index is 12.8. The number of benzene rings is 2. The molecule has 0 aromatic heterocycles. The number of Topliss-reactive ketones (excluding diaryl/α,β-unsaturated/α-hetero) is 1. The van der Waals surface area contributed by atoms with Crippen molar-refractivity contribution in [1.82, 2.24) is 0 Å². The van der Waals surface area contributed by atoms with Crippen molar-refractivity contribution in [3.63, 3.8) is 0 Å². The monoisotopic (exact) mass is 375 g/mol. The first-order valence-corrected chi connectivity index (χ1v) is 9.82. The number of carbonyl (C=O) groups excluding carboxylic acids is 1. The molecule has 144 valence electrons. The van der Waals surface area contributed by atoms with Crippen LogP contribution in [0.3, 0.4) is 0 Å². The predicted octanol–water partition coefficient (Wildman–Crippen LogP) is 4.83. The first kappa shape index (κ1) is 18.4. The second-order valence-electron chi connectivity index (χ2n) is 7.39. The van der Waals surface area contributed by atoms with E-state index >= 15 is 0 Å². The second kappa shape index (κ2) is 7.93. The topological polar surface area (TPSA) is 49.8 Å². The van der Waals surface area contributed by atoms with Gasteiger partial charge in [0.05, 0.1) is 7.11 Å². The minimum Gasteiger partial charge on any atom is -0.504 e. The van der Waals surface area contributed by atoms with Gasteiger partial charge in [-0.25, -0.2) is 0 Å². The number of hydrogen-bond acceptors (Lipinski definition) is 4. The zero-order valence-corrected chi connectivity index (χ0v) is 16.1. The highest BCUT2D eigenvalue weighted by Gasteiger charge is 2.23. The van der Waals surface area contributed by atoms with Crippen molar-refractivity contribution in [2.75, 3.05) is 25.1 Å². The molecule has 4 rings (SSSR count). The molecule has 0 spiro atoms. The standard InChI is InChI=1S/C24H25NO3/c1-28-23-16-18(6-11-22(23)26)15-20-8-7-19(24(20)27)14-17-4-9-21(10-5-17)25-12-2-3-13-25/h4-6,9-11,14-16,26H,2-3,7-8,12-13H2,1H3/b19-14+,20-15+. The number of ether oxygens (including phenoxy) is 1. The smallest absolute Gasteiger partial charge is 0.185 e. The summed E-state index contributed by atoms with van der Waals surface area (Å²) >= 11 is 0. The molecule has 2 fully saturated rings. The van der Waals surface area contributed by atoms with E-state index in [1.807, 2.05) is 12.2 Å². The summed E-state index contributed by atoms with van der Waals surface area (Å²) in [5.74, 6) is 0.615. The molecule has 0 bridgehead atoms. The number of methoxy groups -OCH3 is 1. The van der Waals surface area contributed by atoms with Crippen LogP contribution in [-0.2, 0) is 4.79 Å². The van der Waals surface area contributed by atoms with Crippen LogP contribution in [0.25, 0.3) is 12.2 Å². The van der Waals surface area contributed by atoms with Gasteiger partial charge in [-0.15, -0.1) is 0 Å². The fourth-order valence-electron chi connectivity index (χ4n) is 3.92. The van der Waals surface area contributed by atoms with Gasteiger partial charge in [-0.05, 0) is 73.2 Å².